The van der Waals surface area contributed by atoms with E-state index in [4.69, 9.17) is 0 Å². The van der Waals surface area contributed by atoms with Gasteiger partial charge in [-0.15, -0.1) is 0 Å². The lowest BCUT2D eigenvalue weighted by atomic mass is 10.0. The van der Waals surface area contributed by atoms with Crippen LogP contribution >= 0.6 is 31.9 Å². The van der Waals surface area contributed by atoms with Crippen molar-refractivity contribution in [2.45, 2.75) is 12.8 Å². The van der Waals surface area contributed by atoms with Gasteiger partial charge in [0.05, 0.1) is 8.95 Å². The monoisotopic (exact) mass is 390 g/mol. The Balaban J connectivity index is 2.19. The predicted octanol–water partition coefficient (Wildman–Crippen LogP) is 4.98. The Morgan fingerprint density at radius 1 is 0.947 bits per heavy atom. The van der Waals surface area contributed by atoms with Crippen molar-refractivity contribution in [3.8, 4) is 5.75 Å². The van der Waals surface area contributed by atoms with Crippen LogP contribution in [-0.2, 0) is 12.8 Å². The number of hydrogen-bond acceptors (Lipinski definition) is 1. The van der Waals surface area contributed by atoms with Crippen LogP contribution < -0.4 is 0 Å². The van der Waals surface area contributed by atoms with E-state index in [1.807, 2.05) is 0 Å². The van der Waals surface area contributed by atoms with Crippen molar-refractivity contribution < 1.29 is 13.9 Å². The maximum Gasteiger partial charge on any atom is 0.143 e. The van der Waals surface area contributed by atoms with Gasteiger partial charge in [-0.25, -0.2) is 8.78 Å². The van der Waals surface area contributed by atoms with Crippen molar-refractivity contribution >= 4 is 31.9 Å². The highest BCUT2D eigenvalue weighted by Crippen LogP contribution is 2.33. The maximum atomic E-state index is 13.5. The molecule has 0 spiro atoms. The van der Waals surface area contributed by atoms with E-state index in [9.17, 15) is 13.9 Å². The van der Waals surface area contributed by atoms with Crippen LogP contribution in [0.25, 0.3) is 0 Å². The van der Waals surface area contributed by atoms with E-state index in [1.54, 1.807) is 12.1 Å². The van der Waals surface area contributed by atoms with Crippen LogP contribution in [0.5, 0.6) is 5.75 Å². The highest BCUT2D eigenvalue weighted by atomic mass is 79.9. The third-order valence-electron chi connectivity index (χ3n) is 2.80. The molecular weight excluding hydrogens is 382 g/mol. The molecule has 2 rings (SSSR count). The first-order valence-electron chi connectivity index (χ1n) is 5.59. The maximum absolute atomic E-state index is 13.5. The highest BCUT2D eigenvalue weighted by Gasteiger charge is 2.10. The van der Waals surface area contributed by atoms with E-state index >= 15 is 0 Å². The number of halogens is 4. The van der Waals surface area contributed by atoms with Gasteiger partial charge in [-0.1, -0.05) is 6.07 Å². The second-order valence-corrected chi connectivity index (χ2v) is 5.82. The molecule has 1 nitrogen and oxygen atoms in total. The van der Waals surface area contributed by atoms with Crippen molar-refractivity contribution in [2.75, 3.05) is 0 Å². The van der Waals surface area contributed by atoms with Crippen molar-refractivity contribution in [3.63, 3.8) is 0 Å². The fraction of sp³-hybridized carbons (Fsp3) is 0.143. The van der Waals surface area contributed by atoms with Gasteiger partial charge < -0.3 is 5.11 Å². The smallest absolute Gasteiger partial charge is 0.143 e. The lowest BCUT2D eigenvalue weighted by Crippen LogP contribution is -1.98. The lowest BCUT2D eigenvalue weighted by Gasteiger charge is -2.07. The van der Waals surface area contributed by atoms with Crippen molar-refractivity contribution in [2.24, 2.45) is 0 Å². The minimum absolute atomic E-state index is 0.0859. The summed E-state index contributed by atoms with van der Waals surface area (Å²) in [5, 5.41) is 9.59. The number of hydrogen-bond donors (Lipinski definition) is 1. The third-order valence-corrected chi connectivity index (χ3v) is 4.01. The summed E-state index contributed by atoms with van der Waals surface area (Å²) in [6.07, 6.45) is 0.748. The van der Waals surface area contributed by atoms with Crippen LogP contribution in [0, 0.1) is 11.6 Å². The molecule has 19 heavy (non-hydrogen) atoms. The number of phenols is 1. The van der Waals surface area contributed by atoms with Crippen molar-refractivity contribution in [1.82, 2.24) is 0 Å². The van der Waals surface area contributed by atoms with E-state index in [2.05, 4.69) is 31.9 Å². The molecule has 0 radical (unpaired) electrons. The summed E-state index contributed by atoms with van der Waals surface area (Å²) in [4.78, 5) is 0. The summed E-state index contributed by atoms with van der Waals surface area (Å²) in [5.41, 5.74) is 0.960. The Labute approximate surface area is 126 Å². The van der Waals surface area contributed by atoms with Crippen molar-refractivity contribution in [1.29, 1.82) is 0 Å². The van der Waals surface area contributed by atoms with Crippen LogP contribution in [0.1, 0.15) is 11.1 Å². The molecule has 5 heteroatoms. The topological polar surface area (TPSA) is 20.2 Å². The molecule has 100 valence electrons. The predicted molar refractivity (Wildman–Crippen MR) is 77.3 cm³/mol. The zero-order chi connectivity index (χ0) is 14.0. The SMILES string of the molecule is Oc1c(Br)cc(CCc2c(F)cccc2F)cc1Br. The molecule has 0 heterocycles. The average molecular weight is 392 g/mol. The molecule has 0 amide bonds. The van der Waals surface area contributed by atoms with Gasteiger partial charge in [0.1, 0.15) is 17.4 Å². The van der Waals surface area contributed by atoms with Crippen LogP contribution in [0.2, 0.25) is 0 Å². The molecule has 0 saturated heterocycles. The van der Waals surface area contributed by atoms with Gasteiger partial charge in [0, 0.05) is 5.56 Å². The van der Waals surface area contributed by atoms with Crippen LogP contribution in [0.4, 0.5) is 8.78 Å². The molecule has 1 N–H and O–H groups in total. The molecule has 0 saturated carbocycles. The van der Waals surface area contributed by atoms with Crippen LogP contribution in [0.15, 0.2) is 39.3 Å². The summed E-state index contributed by atoms with van der Waals surface area (Å²) < 4.78 is 28.0. The first kappa shape index (κ1) is 14.5. The molecule has 0 fully saturated rings. The Kier molecular flexibility index (Phi) is 4.58. The standard InChI is InChI=1S/C14H10Br2F2O/c15-10-6-8(7-11(16)14(10)19)4-5-9-12(17)2-1-3-13(9)18/h1-3,6-7,19H,4-5H2. The van der Waals surface area contributed by atoms with Gasteiger partial charge in [-0.2, -0.15) is 0 Å². The van der Waals surface area contributed by atoms with Gasteiger partial charge in [-0.3, -0.25) is 0 Å². The van der Waals surface area contributed by atoms with Crippen LogP contribution in [0.3, 0.4) is 0 Å². The Bertz CT molecular complexity index is 571. The number of phenolic OH excluding ortho intramolecular Hbond substituents is 1. The highest BCUT2D eigenvalue weighted by molar-refractivity contribution is 9.11. The molecule has 0 aliphatic rings. The molecule has 0 unspecified atom stereocenters. The zero-order valence-corrected chi connectivity index (χ0v) is 12.9. The molecule has 2 aromatic rings. The van der Waals surface area contributed by atoms with Crippen molar-refractivity contribution in [3.05, 3.63) is 62.0 Å². The van der Waals surface area contributed by atoms with E-state index in [0.29, 0.717) is 15.4 Å². The molecule has 0 aromatic heterocycles. The van der Waals surface area contributed by atoms with E-state index in [0.717, 1.165) is 5.56 Å². The van der Waals surface area contributed by atoms with Gasteiger partial charge in [-0.05, 0) is 74.5 Å². The largest absolute Gasteiger partial charge is 0.506 e. The van der Waals surface area contributed by atoms with Crippen LogP contribution in [-0.4, -0.2) is 5.11 Å². The molecule has 0 bridgehead atoms. The summed E-state index contributed by atoms with van der Waals surface area (Å²) in [6.45, 7) is 0. The number of rotatable bonds is 3. The first-order valence-corrected chi connectivity index (χ1v) is 7.17. The molecule has 0 aliphatic carbocycles. The van der Waals surface area contributed by atoms with Gasteiger partial charge in [0.25, 0.3) is 0 Å². The minimum atomic E-state index is -0.531. The lowest BCUT2D eigenvalue weighted by molar-refractivity contribution is 0.468. The summed E-state index contributed by atoms with van der Waals surface area (Å²) in [6, 6.07) is 7.32. The average Bonchev–Trinajstić information content (AvgIpc) is 2.35. The molecule has 0 aliphatic heterocycles. The second-order valence-electron chi connectivity index (χ2n) is 4.11. The molecule has 2 aromatic carbocycles. The number of aryl methyl sites for hydroxylation is 1. The molecule has 0 atom stereocenters. The van der Waals surface area contributed by atoms with Gasteiger partial charge >= 0.3 is 0 Å². The Morgan fingerprint density at radius 3 is 2.00 bits per heavy atom. The van der Waals surface area contributed by atoms with E-state index in [-0.39, 0.29) is 17.7 Å². The van der Waals surface area contributed by atoms with Gasteiger partial charge in [0.15, 0.2) is 0 Å². The fourth-order valence-electron chi connectivity index (χ4n) is 1.80. The fourth-order valence-corrected chi connectivity index (χ4v) is 3.08. The Morgan fingerprint density at radius 2 is 1.47 bits per heavy atom. The second kappa shape index (κ2) is 6.01. The Hall–Kier alpha value is -0.940. The van der Waals surface area contributed by atoms with E-state index in [1.165, 1.54) is 18.2 Å². The first-order chi connectivity index (χ1) is 8.99. The normalized spacial score (nSPS) is 10.7. The summed E-state index contributed by atoms with van der Waals surface area (Å²) >= 11 is 6.45. The quantitative estimate of drug-likeness (QED) is 0.782. The number of aromatic hydroxyl groups is 1. The number of benzene rings is 2. The van der Waals surface area contributed by atoms with Gasteiger partial charge in [0.2, 0.25) is 0 Å². The summed E-state index contributed by atoms with van der Waals surface area (Å²) in [5.74, 6) is -0.949. The summed E-state index contributed by atoms with van der Waals surface area (Å²) in [7, 11) is 0. The minimum Gasteiger partial charge on any atom is -0.506 e. The third kappa shape index (κ3) is 3.34. The van der Waals surface area contributed by atoms with E-state index < -0.39 is 11.6 Å². The zero-order valence-electron chi connectivity index (χ0n) is 9.76. The molecular formula is C14H10Br2F2O.